The largest absolute Gasteiger partial charge is 0.507 e. The minimum atomic E-state index is -0.658. The summed E-state index contributed by atoms with van der Waals surface area (Å²) in [6.45, 7) is 1.31. The van der Waals surface area contributed by atoms with Crippen LogP contribution >= 0.6 is 0 Å². The number of aliphatic hydroxyl groups is 1. The third kappa shape index (κ3) is 2.56. The van der Waals surface area contributed by atoms with E-state index in [0.29, 0.717) is 11.1 Å². The highest BCUT2D eigenvalue weighted by molar-refractivity contribution is 5.50. The second-order valence-electron chi connectivity index (χ2n) is 4.21. The molecule has 0 aliphatic heterocycles. The molecule has 4 nitrogen and oxygen atoms in total. The van der Waals surface area contributed by atoms with Crippen molar-refractivity contribution in [2.45, 2.75) is 13.5 Å². The summed E-state index contributed by atoms with van der Waals surface area (Å²) in [5.74, 6) is -0.500. The lowest BCUT2D eigenvalue weighted by Crippen LogP contribution is -1.94. The van der Waals surface area contributed by atoms with Gasteiger partial charge >= 0.3 is 0 Å². The van der Waals surface area contributed by atoms with E-state index in [4.69, 9.17) is 15.1 Å². The van der Waals surface area contributed by atoms with Gasteiger partial charge in [-0.15, -0.1) is 0 Å². The predicted molar refractivity (Wildman–Crippen MR) is 70.0 cm³/mol. The number of ether oxygens (including phenoxy) is 1. The molecular weight excluding hydrogens is 261 g/mol. The number of aliphatic hydroxyl groups excluding tert-OH is 1. The first-order valence-corrected chi connectivity index (χ1v) is 5.86. The predicted octanol–water partition coefficient (Wildman–Crippen LogP) is 3.00. The zero-order chi connectivity index (χ0) is 14.7. The first-order valence-electron chi connectivity index (χ1n) is 5.86. The number of hydrogen-bond acceptors (Lipinski definition) is 4. The molecule has 0 fully saturated rings. The quantitative estimate of drug-likeness (QED) is 0.901. The summed E-state index contributed by atoms with van der Waals surface area (Å²) in [5, 5.41) is 27.5. The summed E-state index contributed by atoms with van der Waals surface area (Å²) in [7, 11) is 0. The normalized spacial score (nSPS) is 10.1. The molecular formula is C15H12FNO3. The molecule has 0 saturated carbocycles. The minimum Gasteiger partial charge on any atom is -0.507 e. The molecule has 2 N–H and O–H groups in total. The Morgan fingerprint density at radius 2 is 1.95 bits per heavy atom. The van der Waals surface area contributed by atoms with Crippen LogP contribution in [0, 0.1) is 24.1 Å². The van der Waals surface area contributed by atoms with Crippen LogP contribution in [0.2, 0.25) is 0 Å². The molecule has 0 aliphatic carbocycles. The van der Waals surface area contributed by atoms with Gasteiger partial charge in [-0.2, -0.15) is 5.26 Å². The molecule has 2 aromatic carbocycles. The maximum Gasteiger partial charge on any atom is 0.167 e. The number of benzene rings is 2. The van der Waals surface area contributed by atoms with Crippen LogP contribution in [0.25, 0.3) is 0 Å². The van der Waals surface area contributed by atoms with Crippen molar-refractivity contribution in [1.82, 2.24) is 0 Å². The van der Waals surface area contributed by atoms with Gasteiger partial charge in [0.1, 0.15) is 11.5 Å². The van der Waals surface area contributed by atoms with Gasteiger partial charge in [-0.1, -0.05) is 0 Å². The van der Waals surface area contributed by atoms with Crippen molar-refractivity contribution in [3.63, 3.8) is 0 Å². The molecule has 102 valence electrons. The Hall–Kier alpha value is -2.58. The van der Waals surface area contributed by atoms with E-state index in [-0.39, 0.29) is 29.4 Å². The first kappa shape index (κ1) is 13.8. The molecule has 0 amide bonds. The Morgan fingerprint density at radius 1 is 1.25 bits per heavy atom. The zero-order valence-electron chi connectivity index (χ0n) is 10.7. The van der Waals surface area contributed by atoms with Gasteiger partial charge in [0, 0.05) is 11.1 Å². The Kier molecular flexibility index (Phi) is 3.87. The van der Waals surface area contributed by atoms with Gasteiger partial charge < -0.3 is 14.9 Å². The summed E-state index contributed by atoms with van der Waals surface area (Å²) in [6, 6.07) is 8.74. The second kappa shape index (κ2) is 5.59. The highest BCUT2D eigenvalue weighted by Gasteiger charge is 2.12. The van der Waals surface area contributed by atoms with Gasteiger partial charge in [0.25, 0.3) is 0 Å². The Morgan fingerprint density at radius 3 is 2.55 bits per heavy atom. The Labute approximate surface area is 115 Å². The van der Waals surface area contributed by atoms with Crippen LogP contribution in [0.4, 0.5) is 4.39 Å². The molecule has 0 aromatic heterocycles. The summed E-state index contributed by atoms with van der Waals surface area (Å²) < 4.78 is 19.1. The first-order chi connectivity index (χ1) is 9.56. The van der Waals surface area contributed by atoms with Crippen molar-refractivity contribution in [3.8, 4) is 23.3 Å². The smallest absolute Gasteiger partial charge is 0.167 e. The average molecular weight is 273 g/mol. The standard InChI is InChI=1S/C15H12FNO3/c1-9-13(5-3-11(8-18)15(9)19)20-14-4-2-10(7-17)6-12(14)16/h2-6,18-19H,8H2,1H3. The lowest BCUT2D eigenvalue weighted by molar-refractivity contribution is 0.275. The molecule has 20 heavy (non-hydrogen) atoms. The van der Waals surface area contributed by atoms with Crippen LogP contribution in [-0.2, 0) is 6.61 Å². The number of halogens is 1. The Bertz CT molecular complexity index is 692. The van der Waals surface area contributed by atoms with E-state index in [2.05, 4.69) is 0 Å². The summed E-state index contributed by atoms with van der Waals surface area (Å²) in [6.07, 6.45) is 0. The zero-order valence-corrected chi connectivity index (χ0v) is 10.7. The maximum absolute atomic E-state index is 13.7. The van der Waals surface area contributed by atoms with Crippen LogP contribution < -0.4 is 4.74 Å². The molecule has 0 saturated heterocycles. The highest BCUT2D eigenvalue weighted by atomic mass is 19.1. The fourth-order valence-corrected chi connectivity index (χ4v) is 1.75. The maximum atomic E-state index is 13.7. The summed E-state index contributed by atoms with van der Waals surface area (Å²) >= 11 is 0. The molecule has 0 heterocycles. The SMILES string of the molecule is Cc1c(Oc2ccc(C#N)cc2F)ccc(CO)c1O. The third-order valence-electron chi connectivity index (χ3n) is 2.92. The van der Waals surface area contributed by atoms with E-state index >= 15 is 0 Å². The monoisotopic (exact) mass is 273 g/mol. The number of hydrogen-bond donors (Lipinski definition) is 2. The molecule has 2 aromatic rings. The van der Waals surface area contributed by atoms with Crippen molar-refractivity contribution >= 4 is 0 Å². The third-order valence-corrected chi connectivity index (χ3v) is 2.92. The molecule has 0 aliphatic rings. The van der Waals surface area contributed by atoms with E-state index < -0.39 is 5.82 Å². The molecule has 0 spiro atoms. The molecule has 0 atom stereocenters. The number of rotatable bonds is 3. The van der Waals surface area contributed by atoms with Gasteiger partial charge in [0.05, 0.1) is 18.2 Å². The highest BCUT2D eigenvalue weighted by Crippen LogP contribution is 2.34. The van der Waals surface area contributed by atoms with Gasteiger partial charge in [-0.05, 0) is 37.3 Å². The minimum absolute atomic E-state index is 0.0387. The molecule has 2 rings (SSSR count). The lowest BCUT2D eigenvalue weighted by Gasteiger charge is -2.12. The fourth-order valence-electron chi connectivity index (χ4n) is 1.75. The Balaban J connectivity index is 2.36. The van der Waals surface area contributed by atoms with Gasteiger partial charge in [0.15, 0.2) is 11.6 Å². The summed E-state index contributed by atoms with van der Waals surface area (Å²) in [4.78, 5) is 0. The number of nitriles is 1. The fraction of sp³-hybridized carbons (Fsp3) is 0.133. The van der Waals surface area contributed by atoms with Crippen LogP contribution in [0.15, 0.2) is 30.3 Å². The van der Waals surface area contributed by atoms with Gasteiger partial charge in [0.2, 0.25) is 0 Å². The van der Waals surface area contributed by atoms with Crippen molar-refractivity contribution in [1.29, 1.82) is 5.26 Å². The molecule has 0 radical (unpaired) electrons. The number of nitrogens with zero attached hydrogens (tertiary/aromatic N) is 1. The molecule has 5 heteroatoms. The van der Waals surface area contributed by atoms with E-state index in [1.54, 1.807) is 6.92 Å². The van der Waals surface area contributed by atoms with Gasteiger partial charge in [-0.3, -0.25) is 0 Å². The van der Waals surface area contributed by atoms with Crippen molar-refractivity contribution in [2.24, 2.45) is 0 Å². The average Bonchev–Trinajstić information content (AvgIpc) is 2.46. The van der Waals surface area contributed by atoms with Crippen molar-refractivity contribution in [2.75, 3.05) is 0 Å². The van der Waals surface area contributed by atoms with Crippen LogP contribution in [0.1, 0.15) is 16.7 Å². The van der Waals surface area contributed by atoms with Crippen LogP contribution in [-0.4, -0.2) is 10.2 Å². The van der Waals surface area contributed by atoms with E-state index in [0.717, 1.165) is 6.07 Å². The number of aromatic hydroxyl groups is 1. The summed E-state index contributed by atoms with van der Waals surface area (Å²) in [5.41, 5.74) is 0.973. The van der Waals surface area contributed by atoms with Gasteiger partial charge in [-0.25, -0.2) is 4.39 Å². The van der Waals surface area contributed by atoms with Crippen molar-refractivity contribution < 1.29 is 19.3 Å². The second-order valence-corrected chi connectivity index (χ2v) is 4.21. The van der Waals surface area contributed by atoms with Crippen molar-refractivity contribution in [3.05, 3.63) is 52.8 Å². The molecule has 0 unspecified atom stereocenters. The van der Waals surface area contributed by atoms with E-state index in [1.807, 2.05) is 6.07 Å². The molecule has 0 bridgehead atoms. The topological polar surface area (TPSA) is 73.5 Å². The number of phenols is 1. The van der Waals surface area contributed by atoms with Crippen LogP contribution in [0.3, 0.4) is 0 Å². The van der Waals surface area contributed by atoms with Crippen LogP contribution in [0.5, 0.6) is 17.2 Å². The van der Waals surface area contributed by atoms with E-state index in [9.17, 15) is 9.50 Å². The lowest BCUT2D eigenvalue weighted by atomic mass is 10.1. The van der Waals surface area contributed by atoms with E-state index in [1.165, 1.54) is 24.3 Å².